The Hall–Kier alpha value is -3.47. The number of esters is 2. The smallest absolute Gasteiger partial charge is 0.338 e. The summed E-state index contributed by atoms with van der Waals surface area (Å²) in [4.78, 5) is 33.8. The molecule has 0 saturated carbocycles. The van der Waals surface area contributed by atoms with Gasteiger partial charge in [-0.2, -0.15) is 0 Å². The van der Waals surface area contributed by atoms with Crippen LogP contribution in [0, 0.1) is 17.0 Å². The molecule has 0 spiro atoms. The van der Waals surface area contributed by atoms with Crippen molar-refractivity contribution in [3.8, 4) is 0 Å². The first-order valence-electron chi connectivity index (χ1n) is 8.15. The number of carbonyl (C=O) groups excluding carboxylic acids is 2. The van der Waals surface area contributed by atoms with Gasteiger partial charge in [-0.3, -0.25) is 19.2 Å². The topological polar surface area (TPSA) is 133 Å². The Labute approximate surface area is 166 Å². The maximum absolute atomic E-state index is 13.2. The third kappa shape index (κ3) is 4.51. The van der Waals surface area contributed by atoms with Crippen LogP contribution < -0.4 is 4.31 Å². The number of benzene rings is 2. The monoisotopic (exact) mass is 422 g/mol. The molecule has 0 fully saturated rings. The van der Waals surface area contributed by atoms with Crippen LogP contribution in [0.1, 0.15) is 15.9 Å². The van der Waals surface area contributed by atoms with Crippen LogP contribution >= 0.6 is 0 Å². The summed E-state index contributed by atoms with van der Waals surface area (Å²) in [6.45, 7) is 0.793. The number of hydrogen-bond donors (Lipinski definition) is 0. The average Bonchev–Trinajstić information content (AvgIpc) is 2.71. The van der Waals surface area contributed by atoms with E-state index >= 15 is 0 Å². The lowest BCUT2D eigenvalue weighted by Gasteiger charge is -2.25. The van der Waals surface area contributed by atoms with Crippen molar-refractivity contribution in [2.75, 3.05) is 25.1 Å². The standard InChI is InChI=1S/C18H18N2O8S/c1-12-15(18(22)28-3)8-5-9-16(12)19(11-17(21)27-2)29(25,26)14-7-4-6-13(10-14)20(23)24/h4-10H,11H2,1-3H3. The number of anilines is 1. The molecule has 154 valence electrons. The van der Waals surface area contributed by atoms with Crippen LogP contribution in [0.4, 0.5) is 11.4 Å². The third-order valence-corrected chi connectivity index (χ3v) is 5.85. The van der Waals surface area contributed by atoms with Crippen molar-refractivity contribution < 1.29 is 32.4 Å². The van der Waals surface area contributed by atoms with E-state index in [0.29, 0.717) is 0 Å². The summed E-state index contributed by atoms with van der Waals surface area (Å²) >= 11 is 0. The molecule has 0 aliphatic carbocycles. The molecule has 0 heterocycles. The predicted octanol–water partition coefficient (Wildman–Crippen LogP) is 2.06. The van der Waals surface area contributed by atoms with E-state index in [1.54, 1.807) is 0 Å². The van der Waals surface area contributed by atoms with Gasteiger partial charge in [0, 0.05) is 12.1 Å². The lowest BCUT2D eigenvalue weighted by Crippen LogP contribution is -2.37. The molecule has 0 N–H and O–H groups in total. The van der Waals surface area contributed by atoms with Gasteiger partial charge in [-0.25, -0.2) is 13.2 Å². The molecule has 2 aromatic carbocycles. The predicted molar refractivity (Wildman–Crippen MR) is 102 cm³/mol. The minimum absolute atomic E-state index is 0.0322. The van der Waals surface area contributed by atoms with E-state index in [2.05, 4.69) is 4.74 Å². The van der Waals surface area contributed by atoms with E-state index in [0.717, 1.165) is 23.5 Å². The maximum atomic E-state index is 13.2. The molecule has 0 radical (unpaired) electrons. The maximum Gasteiger partial charge on any atom is 0.338 e. The molecule has 2 aromatic rings. The molecule has 11 heteroatoms. The Morgan fingerprint density at radius 1 is 1.10 bits per heavy atom. The molecule has 0 unspecified atom stereocenters. The van der Waals surface area contributed by atoms with Crippen LogP contribution in [-0.4, -0.2) is 46.0 Å². The fraction of sp³-hybridized carbons (Fsp3) is 0.222. The Morgan fingerprint density at radius 2 is 1.76 bits per heavy atom. The summed E-state index contributed by atoms with van der Waals surface area (Å²) in [5, 5.41) is 11.0. The van der Waals surface area contributed by atoms with Gasteiger partial charge in [-0.15, -0.1) is 0 Å². The molecule has 0 aliphatic rings. The number of nitro benzene ring substituents is 1. The van der Waals surface area contributed by atoms with Gasteiger partial charge in [0.05, 0.1) is 35.3 Å². The normalized spacial score (nSPS) is 10.9. The molecule has 0 aromatic heterocycles. The van der Waals surface area contributed by atoms with Crippen molar-refractivity contribution >= 4 is 33.3 Å². The zero-order chi connectivity index (χ0) is 21.8. The van der Waals surface area contributed by atoms with E-state index in [9.17, 15) is 28.1 Å². The fourth-order valence-electron chi connectivity index (χ4n) is 2.59. The third-order valence-electron chi connectivity index (χ3n) is 4.10. The van der Waals surface area contributed by atoms with Gasteiger partial charge in [-0.1, -0.05) is 12.1 Å². The molecule has 0 bridgehead atoms. The molecule has 0 saturated heterocycles. The second kappa shape index (κ2) is 8.69. The second-order valence-corrected chi connectivity index (χ2v) is 7.65. The highest BCUT2D eigenvalue weighted by atomic mass is 32.2. The summed E-state index contributed by atoms with van der Waals surface area (Å²) < 4.78 is 36.5. The Bertz CT molecular complexity index is 1070. The Kier molecular flexibility index (Phi) is 6.54. The second-order valence-electron chi connectivity index (χ2n) is 5.78. The van der Waals surface area contributed by atoms with Crippen molar-refractivity contribution in [3.63, 3.8) is 0 Å². The molecule has 2 rings (SSSR count). The summed E-state index contributed by atoms with van der Waals surface area (Å²) in [6.07, 6.45) is 0. The zero-order valence-corrected chi connectivity index (χ0v) is 16.6. The van der Waals surface area contributed by atoms with Gasteiger partial charge in [0.15, 0.2) is 0 Å². The van der Waals surface area contributed by atoms with Gasteiger partial charge < -0.3 is 9.47 Å². The van der Waals surface area contributed by atoms with Gasteiger partial charge in [0.1, 0.15) is 6.54 Å². The molecule has 0 aliphatic heterocycles. The molecular weight excluding hydrogens is 404 g/mol. The Balaban J connectivity index is 2.69. The zero-order valence-electron chi connectivity index (χ0n) is 15.8. The van der Waals surface area contributed by atoms with E-state index in [1.807, 2.05) is 0 Å². The van der Waals surface area contributed by atoms with Crippen LogP contribution in [0.5, 0.6) is 0 Å². The molecule has 0 atom stereocenters. The van der Waals surface area contributed by atoms with Crippen molar-refractivity contribution in [2.24, 2.45) is 0 Å². The van der Waals surface area contributed by atoms with E-state index in [4.69, 9.17) is 4.74 Å². The largest absolute Gasteiger partial charge is 0.468 e. The van der Waals surface area contributed by atoms with E-state index < -0.39 is 44.0 Å². The molecule has 29 heavy (non-hydrogen) atoms. The lowest BCUT2D eigenvalue weighted by molar-refractivity contribution is -0.385. The minimum atomic E-state index is -4.41. The first kappa shape index (κ1) is 21.8. The fourth-order valence-corrected chi connectivity index (χ4v) is 4.10. The highest BCUT2D eigenvalue weighted by molar-refractivity contribution is 7.92. The summed E-state index contributed by atoms with van der Waals surface area (Å²) in [5.74, 6) is -1.54. The minimum Gasteiger partial charge on any atom is -0.468 e. The summed E-state index contributed by atoms with van der Waals surface area (Å²) in [5.41, 5.74) is -0.0414. The van der Waals surface area contributed by atoms with Crippen LogP contribution in [0.2, 0.25) is 0 Å². The van der Waals surface area contributed by atoms with Crippen LogP contribution in [-0.2, 0) is 24.3 Å². The number of non-ortho nitro benzene ring substituents is 1. The SMILES string of the molecule is COC(=O)CN(c1cccc(C(=O)OC)c1C)S(=O)(=O)c1cccc([N+](=O)[O-])c1. The highest BCUT2D eigenvalue weighted by Crippen LogP contribution is 2.30. The number of rotatable bonds is 7. The number of sulfonamides is 1. The summed E-state index contributed by atoms with van der Waals surface area (Å²) in [6, 6.07) is 8.71. The molecule has 0 amide bonds. The number of ether oxygens (including phenoxy) is 2. The molecule has 10 nitrogen and oxygen atoms in total. The lowest BCUT2D eigenvalue weighted by atomic mass is 10.1. The number of hydrogen-bond acceptors (Lipinski definition) is 8. The quantitative estimate of drug-likeness (QED) is 0.376. The summed E-state index contributed by atoms with van der Waals surface area (Å²) in [7, 11) is -2.13. The van der Waals surface area contributed by atoms with Crippen LogP contribution in [0.25, 0.3) is 0 Å². The van der Waals surface area contributed by atoms with Gasteiger partial charge in [0.25, 0.3) is 15.7 Å². The Morgan fingerprint density at radius 3 is 2.34 bits per heavy atom. The van der Waals surface area contributed by atoms with Crippen molar-refractivity contribution in [1.29, 1.82) is 0 Å². The van der Waals surface area contributed by atoms with Crippen LogP contribution in [0.3, 0.4) is 0 Å². The van der Waals surface area contributed by atoms with Gasteiger partial charge in [0.2, 0.25) is 0 Å². The van der Waals surface area contributed by atoms with Crippen molar-refractivity contribution in [3.05, 3.63) is 63.7 Å². The average molecular weight is 422 g/mol. The number of methoxy groups -OCH3 is 2. The van der Waals surface area contributed by atoms with E-state index in [-0.39, 0.29) is 16.8 Å². The number of nitrogens with zero attached hydrogens (tertiary/aromatic N) is 2. The van der Waals surface area contributed by atoms with Crippen LogP contribution in [0.15, 0.2) is 47.4 Å². The van der Waals surface area contributed by atoms with E-state index in [1.165, 1.54) is 44.4 Å². The first-order valence-corrected chi connectivity index (χ1v) is 9.59. The first-order chi connectivity index (χ1) is 13.6. The van der Waals surface area contributed by atoms with Gasteiger partial charge >= 0.3 is 11.9 Å². The van der Waals surface area contributed by atoms with Crippen molar-refractivity contribution in [1.82, 2.24) is 0 Å². The van der Waals surface area contributed by atoms with Gasteiger partial charge in [-0.05, 0) is 30.7 Å². The number of nitro groups is 1. The van der Waals surface area contributed by atoms with Crippen molar-refractivity contribution in [2.45, 2.75) is 11.8 Å². The highest BCUT2D eigenvalue weighted by Gasteiger charge is 2.31. The number of carbonyl (C=O) groups is 2. The molecular formula is C18H18N2O8S.